The lowest BCUT2D eigenvalue weighted by Gasteiger charge is -2.22. The van der Waals surface area contributed by atoms with Crippen LogP contribution in [0.5, 0.6) is 5.75 Å². The van der Waals surface area contributed by atoms with E-state index in [4.69, 9.17) is 4.74 Å². The molecular formula is C18H29ClN2O2. The fourth-order valence-corrected chi connectivity index (χ4v) is 2.80. The van der Waals surface area contributed by atoms with Gasteiger partial charge in [-0.1, -0.05) is 6.92 Å². The lowest BCUT2D eigenvalue weighted by Crippen LogP contribution is -2.28. The molecule has 2 rings (SSSR count). The number of carbonyl (C=O) groups is 1. The number of hydrogen-bond acceptors (Lipinski definition) is 3. The Morgan fingerprint density at radius 1 is 1.35 bits per heavy atom. The smallest absolute Gasteiger partial charge is 0.224 e. The summed E-state index contributed by atoms with van der Waals surface area (Å²) in [6.07, 6.45) is 4.97. The van der Waals surface area contributed by atoms with Crippen LogP contribution in [0.1, 0.15) is 44.6 Å². The van der Waals surface area contributed by atoms with E-state index in [-0.39, 0.29) is 18.3 Å². The van der Waals surface area contributed by atoms with Crippen molar-refractivity contribution in [3.05, 3.63) is 23.8 Å². The van der Waals surface area contributed by atoms with E-state index in [1.807, 2.05) is 25.1 Å². The standard InChI is InChI=1S/C18H28N2O2.ClH/c1-3-12-22-16-5-6-17(14(2)13-16)20-18(21)7-4-15-8-10-19-11-9-15;/h5-6,13,15,19H,3-4,7-12H2,1-2H3,(H,20,21);1H. The minimum atomic E-state index is 0. The Morgan fingerprint density at radius 3 is 2.74 bits per heavy atom. The number of carbonyl (C=O) groups excluding carboxylic acids is 1. The molecule has 1 aliphatic heterocycles. The van der Waals surface area contributed by atoms with Crippen molar-refractivity contribution in [3.63, 3.8) is 0 Å². The van der Waals surface area contributed by atoms with Gasteiger partial charge < -0.3 is 15.4 Å². The van der Waals surface area contributed by atoms with Crippen molar-refractivity contribution in [1.82, 2.24) is 5.32 Å². The number of benzene rings is 1. The number of piperidine rings is 1. The highest BCUT2D eigenvalue weighted by Crippen LogP contribution is 2.23. The number of aryl methyl sites for hydroxylation is 1. The normalized spacial score (nSPS) is 14.9. The number of halogens is 1. The first-order valence-corrected chi connectivity index (χ1v) is 8.43. The molecule has 1 aromatic carbocycles. The van der Waals surface area contributed by atoms with Crippen LogP contribution < -0.4 is 15.4 Å². The highest BCUT2D eigenvalue weighted by Gasteiger charge is 2.14. The van der Waals surface area contributed by atoms with E-state index in [0.29, 0.717) is 12.3 Å². The maximum absolute atomic E-state index is 12.1. The Hall–Kier alpha value is -1.26. The van der Waals surface area contributed by atoms with Gasteiger partial charge in [0.15, 0.2) is 0 Å². The van der Waals surface area contributed by atoms with E-state index in [9.17, 15) is 4.79 Å². The zero-order valence-corrected chi connectivity index (χ0v) is 15.0. The zero-order chi connectivity index (χ0) is 15.8. The molecule has 4 nitrogen and oxygen atoms in total. The molecule has 0 radical (unpaired) electrons. The van der Waals surface area contributed by atoms with Crippen LogP contribution in [0.2, 0.25) is 0 Å². The van der Waals surface area contributed by atoms with Crippen molar-refractivity contribution < 1.29 is 9.53 Å². The van der Waals surface area contributed by atoms with Gasteiger partial charge >= 0.3 is 0 Å². The molecule has 5 heteroatoms. The van der Waals surface area contributed by atoms with E-state index >= 15 is 0 Å². The summed E-state index contributed by atoms with van der Waals surface area (Å²) < 4.78 is 5.60. The van der Waals surface area contributed by atoms with Crippen molar-refractivity contribution in [2.45, 2.75) is 46.0 Å². The zero-order valence-electron chi connectivity index (χ0n) is 14.2. The molecule has 0 unspecified atom stereocenters. The predicted octanol–water partition coefficient (Wildman–Crippen LogP) is 3.92. The average molecular weight is 341 g/mol. The second-order valence-corrected chi connectivity index (χ2v) is 6.11. The fourth-order valence-electron chi connectivity index (χ4n) is 2.80. The second-order valence-electron chi connectivity index (χ2n) is 6.11. The van der Waals surface area contributed by atoms with E-state index in [1.165, 1.54) is 12.8 Å². The average Bonchev–Trinajstić information content (AvgIpc) is 2.54. The summed E-state index contributed by atoms with van der Waals surface area (Å²) in [5.74, 6) is 1.67. The number of hydrogen-bond donors (Lipinski definition) is 2. The van der Waals surface area contributed by atoms with Crippen molar-refractivity contribution in [2.75, 3.05) is 25.0 Å². The maximum Gasteiger partial charge on any atom is 0.224 e. The highest BCUT2D eigenvalue weighted by atomic mass is 35.5. The SMILES string of the molecule is CCCOc1ccc(NC(=O)CCC2CCNCC2)c(C)c1.Cl. The molecule has 23 heavy (non-hydrogen) atoms. The Kier molecular flexibility index (Phi) is 9.03. The Bertz CT molecular complexity index is 488. The highest BCUT2D eigenvalue weighted by molar-refractivity contribution is 5.91. The van der Waals surface area contributed by atoms with Crippen LogP contribution >= 0.6 is 12.4 Å². The van der Waals surface area contributed by atoms with Crippen molar-refractivity contribution >= 4 is 24.0 Å². The lowest BCUT2D eigenvalue weighted by atomic mass is 9.93. The van der Waals surface area contributed by atoms with Gasteiger partial charge in [-0.05, 0) is 75.4 Å². The van der Waals surface area contributed by atoms with Crippen molar-refractivity contribution in [3.8, 4) is 5.75 Å². The van der Waals surface area contributed by atoms with E-state index in [2.05, 4.69) is 17.6 Å². The van der Waals surface area contributed by atoms with Gasteiger partial charge in [-0.2, -0.15) is 0 Å². The second kappa shape index (κ2) is 10.5. The van der Waals surface area contributed by atoms with Gasteiger partial charge in [-0.3, -0.25) is 4.79 Å². The molecular weight excluding hydrogens is 312 g/mol. The Morgan fingerprint density at radius 2 is 2.09 bits per heavy atom. The molecule has 1 heterocycles. The first kappa shape index (κ1) is 19.8. The van der Waals surface area contributed by atoms with Gasteiger partial charge in [0, 0.05) is 12.1 Å². The number of rotatable bonds is 7. The minimum absolute atomic E-state index is 0. The van der Waals surface area contributed by atoms with Crippen LogP contribution in [0.15, 0.2) is 18.2 Å². The number of anilines is 1. The molecule has 1 fully saturated rings. The quantitative estimate of drug-likeness (QED) is 0.790. The van der Waals surface area contributed by atoms with Gasteiger partial charge in [-0.25, -0.2) is 0 Å². The predicted molar refractivity (Wildman–Crippen MR) is 97.7 cm³/mol. The third kappa shape index (κ3) is 6.80. The number of ether oxygens (including phenoxy) is 1. The minimum Gasteiger partial charge on any atom is -0.494 e. The van der Waals surface area contributed by atoms with Crippen LogP contribution in [0.3, 0.4) is 0 Å². The Balaban J connectivity index is 0.00000264. The van der Waals surface area contributed by atoms with Crippen LogP contribution in [-0.4, -0.2) is 25.6 Å². The summed E-state index contributed by atoms with van der Waals surface area (Å²) in [6.45, 7) is 6.99. The number of nitrogens with one attached hydrogen (secondary N) is 2. The summed E-state index contributed by atoms with van der Waals surface area (Å²) in [4.78, 5) is 12.1. The molecule has 2 N–H and O–H groups in total. The molecule has 1 amide bonds. The maximum atomic E-state index is 12.1. The summed E-state index contributed by atoms with van der Waals surface area (Å²) in [7, 11) is 0. The number of amides is 1. The summed E-state index contributed by atoms with van der Waals surface area (Å²) in [5.41, 5.74) is 1.93. The third-order valence-electron chi connectivity index (χ3n) is 4.18. The van der Waals surface area contributed by atoms with Gasteiger partial charge in [-0.15, -0.1) is 12.4 Å². The Labute approximate surface area is 145 Å². The largest absolute Gasteiger partial charge is 0.494 e. The van der Waals surface area contributed by atoms with Crippen molar-refractivity contribution in [1.29, 1.82) is 0 Å². The molecule has 0 bridgehead atoms. The van der Waals surface area contributed by atoms with Crippen molar-refractivity contribution in [2.24, 2.45) is 5.92 Å². The molecule has 0 aromatic heterocycles. The summed E-state index contributed by atoms with van der Waals surface area (Å²) in [5, 5.41) is 6.38. The molecule has 0 aliphatic carbocycles. The van der Waals surface area contributed by atoms with Crippen LogP contribution in [0.4, 0.5) is 5.69 Å². The molecule has 0 atom stereocenters. The van der Waals surface area contributed by atoms with Gasteiger partial charge in [0.1, 0.15) is 5.75 Å². The van der Waals surface area contributed by atoms with Gasteiger partial charge in [0.2, 0.25) is 5.91 Å². The lowest BCUT2D eigenvalue weighted by molar-refractivity contribution is -0.116. The van der Waals surface area contributed by atoms with Crippen LogP contribution in [0, 0.1) is 12.8 Å². The summed E-state index contributed by atoms with van der Waals surface area (Å²) in [6, 6.07) is 5.84. The first-order chi connectivity index (χ1) is 10.7. The fraction of sp³-hybridized carbons (Fsp3) is 0.611. The third-order valence-corrected chi connectivity index (χ3v) is 4.18. The van der Waals surface area contributed by atoms with Gasteiger partial charge in [0.25, 0.3) is 0 Å². The monoisotopic (exact) mass is 340 g/mol. The first-order valence-electron chi connectivity index (χ1n) is 8.43. The van der Waals surface area contributed by atoms with Crippen LogP contribution in [0.25, 0.3) is 0 Å². The molecule has 0 saturated carbocycles. The molecule has 130 valence electrons. The topological polar surface area (TPSA) is 50.4 Å². The summed E-state index contributed by atoms with van der Waals surface area (Å²) >= 11 is 0. The molecule has 0 spiro atoms. The van der Waals surface area contributed by atoms with Crippen LogP contribution in [-0.2, 0) is 4.79 Å². The van der Waals surface area contributed by atoms with E-state index in [0.717, 1.165) is 49.5 Å². The van der Waals surface area contributed by atoms with E-state index < -0.39 is 0 Å². The van der Waals surface area contributed by atoms with E-state index in [1.54, 1.807) is 0 Å². The molecule has 1 aromatic rings. The molecule has 1 saturated heterocycles. The molecule has 1 aliphatic rings. The van der Waals surface area contributed by atoms with Gasteiger partial charge in [0.05, 0.1) is 6.61 Å².